The van der Waals surface area contributed by atoms with E-state index >= 15 is 0 Å². The van der Waals surface area contributed by atoms with Crippen molar-refractivity contribution in [1.29, 1.82) is 5.41 Å². The van der Waals surface area contributed by atoms with E-state index in [-0.39, 0.29) is 16.5 Å². The molecule has 1 aromatic heterocycles. The Hall–Kier alpha value is -1.87. The fourth-order valence-corrected chi connectivity index (χ4v) is 3.90. The fraction of sp³-hybridized carbons (Fsp3) is 0.182. The number of rotatable bonds is 6. The maximum Gasteiger partial charge on any atom is 0.183 e. The summed E-state index contributed by atoms with van der Waals surface area (Å²) in [5.41, 5.74) is 5.82. The smallest absolute Gasteiger partial charge is 0.183 e. The van der Waals surface area contributed by atoms with Crippen LogP contribution >= 0.6 is 11.8 Å². The van der Waals surface area contributed by atoms with Gasteiger partial charge >= 0.3 is 0 Å². The normalized spacial score (nSPS) is 11.4. The minimum atomic E-state index is -3.35. The van der Waals surface area contributed by atoms with Crippen molar-refractivity contribution < 1.29 is 8.42 Å². The molecule has 0 aliphatic carbocycles. The molecule has 0 aliphatic heterocycles. The van der Waals surface area contributed by atoms with Gasteiger partial charge < -0.3 is 5.73 Å². The van der Waals surface area contributed by atoms with Crippen LogP contribution in [0.15, 0.2) is 40.6 Å². The van der Waals surface area contributed by atoms with Gasteiger partial charge in [0, 0.05) is 11.3 Å². The predicted octanol–water partition coefficient (Wildman–Crippen LogP) is 0.655. The average Bonchev–Trinajstić information content (AvgIpc) is 2.92. The number of amidine groups is 1. The molecule has 0 saturated carbocycles. The predicted molar refractivity (Wildman–Crippen MR) is 76.6 cm³/mol. The fourth-order valence-electron chi connectivity index (χ4n) is 1.47. The Morgan fingerprint density at radius 1 is 1.35 bits per heavy atom. The molecule has 0 bridgehead atoms. The first-order valence-electron chi connectivity index (χ1n) is 5.64. The van der Waals surface area contributed by atoms with Crippen LogP contribution in [0.2, 0.25) is 0 Å². The molecule has 1 heterocycles. The largest absolute Gasteiger partial charge is 0.384 e. The van der Waals surface area contributed by atoms with Crippen molar-refractivity contribution in [3.63, 3.8) is 0 Å². The number of nitrogens with two attached hydrogens (primary N) is 1. The van der Waals surface area contributed by atoms with Gasteiger partial charge in [-0.25, -0.2) is 13.4 Å². The van der Waals surface area contributed by atoms with Crippen molar-refractivity contribution in [2.75, 3.05) is 11.5 Å². The van der Waals surface area contributed by atoms with Crippen LogP contribution in [-0.4, -0.2) is 40.9 Å². The van der Waals surface area contributed by atoms with Gasteiger partial charge in [0.1, 0.15) is 12.2 Å². The van der Waals surface area contributed by atoms with Crippen LogP contribution in [0.3, 0.4) is 0 Å². The third-order valence-electron chi connectivity index (χ3n) is 2.51. The van der Waals surface area contributed by atoms with Crippen LogP contribution in [0.1, 0.15) is 5.56 Å². The molecular weight excluding hydrogens is 298 g/mol. The van der Waals surface area contributed by atoms with Crippen molar-refractivity contribution >= 4 is 27.4 Å². The molecule has 2 rings (SSSR count). The Labute approximate surface area is 120 Å². The third kappa shape index (κ3) is 3.58. The van der Waals surface area contributed by atoms with Gasteiger partial charge in [0.05, 0.1) is 10.6 Å². The summed E-state index contributed by atoms with van der Waals surface area (Å²) in [7, 11) is -3.35. The number of H-pyrrole nitrogens is 1. The Balaban J connectivity index is 2.00. The van der Waals surface area contributed by atoms with E-state index in [1.54, 1.807) is 0 Å². The van der Waals surface area contributed by atoms with Crippen molar-refractivity contribution in [2.24, 2.45) is 5.73 Å². The van der Waals surface area contributed by atoms with Crippen molar-refractivity contribution in [2.45, 2.75) is 10.1 Å². The van der Waals surface area contributed by atoms with Crippen LogP contribution in [0, 0.1) is 5.41 Å². The van der Waals surface area contributed by atoms with E-state index in [1.165, 1.54) is 42.4 Å². The number of nitrogens with one attached hydrogen (secondary N) is 2. The molecule has 20 heavy (non-hydrogen) atoms. The van der Waals surface area contributed by atoms with E-state index in [2.05, 4.69) is 15.2 Å². The quantitative estimate of drug-likeness (QED) is 0.408. The zero-order valence-electron chi connectivity index (χ0n) is 10.4. The molecule has 0 amide bonds. The topological polar surface area (TPSA) is 126 Å². The van der Waals surface area contributed by atoms with E-state index < -0.39 is 9.84 Å². The molecule has 1 aromatic carbocycles. The van der Waals surface area contributed by atoms with Crippen LogP contribution in [0.25, 0.3) is 0 Å². The molecule has 0 fully saturated rings. The number of aromatic amines is 1. The molecule has 106 valence electrons. The highest BCUT2D eigenvalue weighted by molar-refractivity contribution is 8.00. The SMILES string of the molecule is N=C(N)c1ccc(S(=O)(=O)CCSc2ncn[nH]2)cc1. The lowest BCUT2D eigenvalue weighted by Crippen LogP contribution is -2.12. The Morgan fingerprint density at radius 2 is 2.05 bits per heavy atom. The molecule has 2 aromatic rings. The van der Waals surface area contributed by atoms with Crippen LogP contribution in [-0.2, 0) is 9.84 Å². The third-order valence-corrected chi connectivity index (χ3v) is 5.38. The Kier molecular flexibility index (Phi) is 4.40. The van der Waals surface area contributed by atoms with Crippen LogP contribution in [0.4, 0.5) is 0 Å². The molecule has 0 radical (unpaired) electrons. The molecule has 7 nitrogen and oxygen atoms in total. The zero-order chi connectivity index (χ0) is 14.6. The molecular formula is C11H13N5O2S2. The number of hydrogen-bond acceptors (Lipinski definition) is 6. The second-order valence-corrected chi connectivity index (χ2v) is 7.09. The number of aromatic nitrogens is 3. The van der Waals surface area contributed by atoms with Crippen molar-refractivity contribution in [1.82, 2.24) is 15.2 Å². The summed E-state index contributed by atoms with van der Waals surface area (Å²) in [4.78, 5) is 4.13. The highest BCUT2D eigenvalue weighted by atomic mass is 32.2. The van der Waals surface area contributed by atoms with E-state index in [1.807, 2.05) is 0 Å². The molecule has 0 saturated heterocycles. The summed E-state index contributed by atoms with van der Waals surface area (Å²) in [6.45, 7) is 0. The molecule has 4 N–H and O–H groups in total. The standard InChI is InChI=1S/C11H13N5O2S2/c12-10(13)8-1-3-9(4-2-8)20(17,18)6-5-19-11-14-7-15-16-11/h1-4,7H,5-6H2,(H3,12,13)(H,14,15,16). The van der Waals surface area contributed by atoms with E-state index in [0.717, 1.165) is 0 Å². The maximum atomic E-state index is 12.1. The van der Waals surface area contributed by atoms with Gasteiger partial charge in [0.2, 0.25) is 0 Å². The first kappa shape index (κ1) is 14.5. The second kappa shape index (κ2) is 6.06. The lowest BCUT2D eigenvalue weighted by molar-refractivity contribution is 0.597. The summed E-state index contributed by atoms with van der Waals surface area (Å²) < 4.78 is 24.2. The van der Waals surface area contributed by atoms with Crippen LogP contribution < -0.4 is 5.73 Å². The number of hydrogen-bond donors (Lipinski definition) is 3. The summed E-state index contributed by atoms with van der Waals surface area (Å²) >= 11 is 1.29. The molecule has 0 unspecified atom stereocenters. The Morgan fingerprint density at radius 3 is 2.60 bits per heavy atom. The van der Waals surface area contributed by atoms with Gasteiger partial charge in [-0.2, -0.15) is 5.10 Å². The number of nitrogens with zero attached hydrogens (tertiary/aromatic N) is 2. The maximum absolute atomic E-state index is 12.1. The van der Waals surface area contributed by atoms with Gasteiger partial charge in [-0.05, 0) is 12.1 Å². The van der Waals surface area contributed by atoms with E-state index in [9.17, 15) is 8.42 Å². The first-order chi connectivity index (χ1) is 9.49. The molecule has 9 heteroatoms. The van der Waals surface area contributed by atoms with E-state index in [0.29, 0.717) is 16.5 Å². The van der Waals surface area contributed by atoms with Crippen molar-refractivity contribution in [3.05, 3.63) is 36.2 Å². The lowest BCUT2D eigenvalue weighted by Gasteiger charge is -2.04. The molecule has 0 spiro atoms. The summed E-state index contributed by atoms with van der Waals surface area (Å²) in [5.74, 6) is 0.291. The molecule has 0 aliphatic rings. The minimum Gasteiger partial charge on any atom is -0.384 e. The highest BCUT2D eigenvalue weighted by Crippen LogP contribution is 2.16. The summed E-state index contributed by atoms with van der Waals surface area (Å²) in [6.07, 6.45) is 1.37. The van der Waals surface area contributed by atoms with Gasteiger partial charge in [-0.15, -0.1) is 0 Å². The minimum absolute atomic E-state index is 0.00220. The first-order valence-corrected chi connectivity index (χ1v) is 8.28. The molecule has 0 atom stereocenters. The van der Waals surface area contributed by atoms with Crippen LogP contribution in [0.5, 0.6) is 0 Å². The zero-order valence-corrected chi connectivity index (χ0v) is 12.0. The van der Waals surface area contributed by atoms with Crippen molar-refractivity contribution in [3.8, 4) is 0 Å². The summed E-state index contributed by atoms with van der Waals surface area (Å²) in [5, 5.41) is 14.2. The highest BCUT2D eigenvalue weighted by Gasteiger charge is 2.14. The Bertz CT molecular complexity index is 680. The van der Waals surface area contributed by atoms with Gasteiger partial charge in [0.25, 0.3) is 0 Å². The lowest BCUT2D eigenvalue weighted by atomic mass is 10.2. The van der Waals surface area contributed by atoms with E-state index in [4.69, 9.17) is 11.1 Å². The summed E-state index contributed by atoms with van der Waals surface area (Å²) in [6, 6.07) is 5.98. The monoisotopic (exact) mass is 311 g/mol. The number of thioether (sulfide) groups is 1. The number of nitrogen functional groups attached to an aromatic ring is 1. The number of benzene rings is 1. The van der Waals surface area contributed by atoms with Gasteiger partial charge in [0.15, 0.2) is 15.0 Å². The number of sulfone groups is 1. The van der Waals surface area contributed by atoms with Gasteiger partial charge in [-0.3, -0.25) is 10.5 Å². The van der Waals surface area contributed by atoms with Gasteiger partial charge in [-0.1, -0.05) is 23.9 Å². The average molecular weight is 311 g/mol. The second-order valence-electron chi connectivity index (χ2n) is 3.90.